The zero-order chi connectivity index (χ0) is 15.1. The lowest BCUT2D eigenvalue weighted by Crippen LogP contribution is -2.53. The minimum atomic E-state index is 0. The predicted molar refractivity (Wildman–Crippen MR) is 101 cm³/mol. The zero-order valence-electron chi connectivity index (χ0n) is 14.2. The highest BCUT2D eigenvalue weighted by molar-refractivity contribution is 14.0. The van der Waals surface area contributed by atoms with Gasteiger partial charge in [-0.25, -0.2) is 0 Å². The summed E-state index contributed by atoms with van der Waals surface area (Å²) in [4.78, 5) is 6.77. The number of nitrogens with one attached hydrogen (secondary N) is 1. The van der Waals surface area contributed by atoms with Crippen LogP contribution in [0.25, 0.3) is 0 Å². The highest BCUT2D eigenvalue weighted by Gasteiger charge is 2.32. The highest BCUT2D eigenvalue weighted by atomic mass is 127. The second-order valence-electron chi connectivity index (χ2n) is 6.02. The van der Waals surface area contributed by atoms with Crippen molar-refractivity contribution >= 4 is 29.9 Å². The van der Waals surface area contributed by atoms with Crippen LogP contribution in [0.4, 0.5) is 0 Å². The number of aliphatic imine (C=N–C) groups is 1. The first kappa shape index (κ1) is 20.0. The van der Waals surface area contributed by atoms with E-state index in [0.717, 1.165) is 57.6 Å². The van der Waals surface area contributed by atoms with Gasteiger partial charge in [-0.3, -0.25) is 4.99 Å². The minimum absolute atomic E-state index is 0. The van der Waals surface area contributed by atoms with E-state index in [4.69, 9.17) is 9.47 Å². The Morgan fingerprint density at radius 2 is 1.95 bits per heavy atom. The first-order valence-electron chi connectivity index (χ1n) is 8.47. The molecule has 0 radical (unpaired) electrons. The maximum absolute atomic E-state index is 5.91. The summed E-state index contributed by atoms with van der Waals surface area (Å²) in [6.07, 6.45) is 5.16. The third-order valence-electron chi connectivity index (χ3n) is 4.69. The normalized spacial score (nSPS) is 26.2. The summed E-state index contributed by atoms with van der Waals surface area (Å²) in [7, 11) is 1.87. The molecule has 2 rings (SSSR count). The van der Waals surface area contributed by atoms with E-state index < -0.39 is 0 Å². The van der Waals surface area contributed by atoms with Crippen LogP contribution in [-0.2, 0) is 9.47 Å². The Bertz CT molecular complexity index is 331. The van der Waals surface area contributed by atoms with Gasteiger partial charge in [0.25, 0.3) is 0 Å². The van der Waals surface area contributed by atoms with E-state index in [9.17, 15) is 0 Å². The quantitative estimate of drug-likeness (QED) is 0.418. The van der Waals surface area contributed by atoms with Crippen molar-refractivity contribution in [2.75, 3.05) is 39.9 Å². The summed E-state index contributed by atoms with van der Waals surface area (Å²) in [6.45, 7) is 8.94. The fourth-order valence-corrected chi connectivity index (χ4v) is 3.13. The lowest BCUT2D eigenvalue weighted by Gasteiger charge is -2.37. The van der Waals surface area contributed by atoms with Crippen molar-refractivity contribution in [1.29, 1.82) is 0 Å². The van der Waals surface area contributed by atoms with Crippen LogP contribution in [0.15, 0.2) is 4.99 Å². The molecule has 0 aromatic heterocycles. The molecule has 0 aromatic rings. The molecule has 2 saturated heterocycles. The van der Waals surface area contributed by atoms with E-state index in [1.165, 1.54) is 12.8 Å². The Morgan fingerprint density at radius 1 is 1.23 bits per heavy atom. The molecule has 0 aliphatic carbocycles. The number of ether oxygens (including phenoxy) is 2. The van der Waals surface area contributed by atoms with Crippen LogP contribution >= 0.6 is 24.0 Å². The molecular weight excluding hydrogens is 393 g/mol. The van der Waals surface area contributed by atoms with Crippen molar-refractivity contribution in [3.05, 3.63) is 0 Å². The van der Waals surface area contributed by atoms with Gasteiger partial charge < -0.3 is 19.7 Å². The van der Waals surface area contributed by atoms with Gasteiger partial charge in [0.05, 0.1) is 12.7 Å². The maximum Gasteiger partial charge on any atom is 0.193 e. The van der Waals surface area contributed by atoms with Crippen LogP contribution in [0, 0.1) is 5.92 Å². The van der Waals surface area contributed by atoms with Gasteiger partial charge in [0.1, 0.15) is 6.10 Å². The van der Waals surface area contributed by atoms with Gasteiger partial charge in [-0.05, 0) is 18.8 Å². The smallest absolute Gasteiger partial charge is 0.193 e. The van der Waals surface area contributed by atoms with Crippen LogP contribution in [0.5, 0.6) is 0 Å². The molecule has 5 nitrogen and oxygen atoms in total. The van der Waals surface area contributed by atoms with E-state index in [2.05, 4.69) is 29.1 Å². The van der Waals surface area contributed by atoms with Crippen LogP contribution in [0.3, 0.4) is 0 Å². The summed E-state index contributed by atoms with van der Waals surface area (Å²) in [5, 5.41) is 3.53. The fourth-order valence-electron chi connectivity index (χ4n) is 3.13. The number of nitrogens with zero attached hydrogens (tertiary/aromatic N) is 2. The second kappa shape index (κ2) is 10.6. The molecule has 2 unspecified atom stereocenters. The summed E-state index contributed by atoms with van der Waals surface area (Å²) in [6, 6.07) is 0. The van der Waals surface area contributed by atoms with E-state index >= 15 is 0 Å². The summed E-state index contributed by atoms with van der Waals surface area (Å²) >= 11 is 0. The molecule has 2 heterocycles. The van der Waals surface area contributed by atoms with E-state index in [0.29, 0.717) is 0 Å². The van der Waals surface area contributed by atoms with Crippen LogP contribution in [-0.4, -0.2) is 63.0 Å². The summed E-state index contributed by atoms with van der Waals surface area (Å²) in [5.41, 5.74) is 0. The third kappa shape index (κ3) is 5.53. The van der Waals surface area contributed by atoms with Gasteiger partial charge in [-0.1, -0.05) is 26.7 Å². The SMILES string of the molecule is CCC(CC)CNC(=NC)N1CCOC(C2CCCO2)C1.I. The van der Waals surface area contributed by atoms with Crippen LogP contribution in [0.2, 0.25) is 0 Å². The van der Waals surface area contributed by atoms with Gasteiger partial charge in [0.2, 0.25) is 0 Å². The largest absolute Gasteiger partial charge is 0.375 e. The van der Waals surface area contributed by atoms with E-state index in [-0.39, 0.29) is 36.2 Å². The average Bonchev–Trinajstić information content (AvgIpc) is 3.06. The molecule has 2 fully saturated rings. The van der Waals surface area contributed by atoms with Crippen molar-refractivity contribution in [2.24, 2.45) is 10.9 Å². The summed E-state index contributed by atoms with van der Waals surface area (Å²) in [5.74, 6) is 1.73. The molecular formula is C16H32IN3O2. The van der Waals surface area contributed by atoms with Crippen molar-refractivity contribution in [1.82, 2.24) is 10.2 Å². The van der Waals surface area contributed by atoms with E-state index in [1.54, 1.807) is 0 Å². The number of morpholine rings is 1. The van der Waals surface area contributed by atoms with Gasteiger partial charge in [0.15, 0.2) is 5.96 Å². The van der Waals surface area contributed by atoms with Crippen LogP contribution < -0.4 is 5.32 Å². The second-order valence-corrected chi connectivity index (χ2v) is 6.02. The van der Waals surface area contributed by atoms with Gasteiger partial charge in [0, 0.05) is 33.3 Å². The van der Waals surface area contributed by atoms with Crippen molar-refractivity contribution in [2.45, 2.75) is 51.7 Å². The summed E-state index contributed by atoms with van der Waals surface area (Å²) < 4.78 is 11.7. The lowest BCUT2D eigenvalue weighted by molar-refractivity contribution is -0.0817. The van der Waals surface area contributed by atoms with Gasteiger partial charge >= 0.3 is 0 Å². The molecule has 2 aliphatic rings. The molecule has 130 valence electrons. The molecule has 22 heavy (non-hydrogen) atoms. The number of hydrogen-bond acceptors (Lipinski definition) is 3. The lowest BCUT2D eigenvalue weighted by atomic mass is 10.0. The monoisotopic (exact) mass is 425 g/mol. The molecule has 2 aliphatic heterocycles. The predicted octanol–water partition coefficient (Wildman–Crippen LogP) is 2.50. The molecule has 6 heteroatoms. The first-order valence-corrected chi connectivity index (χ1v) is 8.47. The Balaban J connectivity index is 0.00000242. The Kier molecular flexibility index (Phi) is 9.66. The number of guanidine groups is 1. The van der Waals surface area contributed by atoms with Gasteiger partial charge in [-0.2, -0.15) is 0 Å². The van der Waals surface area contributed by atoms with Gasteiger partial charge in [-0.15, -0.1) is 24.0 Å². The fraction of sp³-hybridized carbons (Fsp3) is 0.938. The Hall–Kier alpha value is -0.0800. The molecule has 1 N–H and O–H groups in total. The molecule has 0 amide bonds. The molecule has 0 aromatic carbocycles. The minimum Gasteiger partial charge on any atom is -0.375 e. The molecule has 0 spiro atoms. The van der Waals surface area contributed by atoms with Crippen molar-refractivity contribution < 1.29 is 9.47 Å². The first-order chi connectivity index (χ1) is 10.3. The average molecular weight is 425 g/mol. The Morgan fingerprint density at radius 3 is 2.55 bits per heavy atom. The third-order valence-corrected chi connectivity index (χ3v) is 4.69. The topological polar surface area (TPSA) is 46.1 Å². The molecule has 0 saturated carbocycles. The van der Waals surface area contributed by atoms with Crippen molar-refractivity contribution in [3.8, 4) is 0 Å². The number of hydrogen-bond donors (Lipinski definition) is 1. The standard InChI is InChI=1S/C16H31N3O2.HI/c1-4-13(5-2)11-18-16(17-3)19-8-10-21-15(12-19)14-7-6-9-20-14;/h13-15H,4-12H2,1-3H3,(H,17,18);1H. The molecule has 2 atom stereocenters. The molecule has 0 bridgehead atoms. The number of halogens is 1. The van der Waals surface area contributed by atoms with E-state index in [1.807, 2.05) is 7.05 Å². The Labute approximate surface area is 152 Å². The maximum atomic E-state index is 5.91. The zero-order valence-corrected chi connectivity index (χ0v) is 16.5. The number of rotatable bonds is 5. The van der Waals surface area contributed by atoms with Crippen molar-refractivity contribution in [3.63, 3.8) is 0 Å². The highest BCUT2D eigenvalue weighted by Crippen LogP contribution is 2.21. The van der Waals surface area contributed by atoms with Crippen LogP contribution in [0.1, 0.15) is 39.5 Å².